The molecule has 2 atom stereocenters. The number of hydrogen-bond donors (Lipinski definition) is 2. The van der Waals surface area contributed by atoms with Gasteiger partial charge in [-0.15, -0.1) is 0 Å². The van der Waals surface area contributed by atoms with Crippen LogP contribution in [0.1, 0.15) is 39.4 Å². The topological polar surface area (TPSA) is 73.1 Å². The smallest absolute Gasteiger partial charge is 0.133 e. The number of nitrogens with one attached hydrogen (secondary N) is 1. The molecular weight excluding hydrogens is 228 g/mol. The minimum Gasteiger partial charge on any atom is -0.384 e. The first kappa shape index (κ1) is 13.1. The lowest BCUT2D eigenvalue weighted by molar-refractivity contribution is 0.105. The third-order valence-corrected chi connectivity index (χ3v) is 3.57. The monoisotopic (exact) mass is 250 g/mol. The van der Waals surface area contributed by atoms with Gasteiger partial charge in [0.2, 0.25) is 0 Å². The van der Waals surface area contributed by atoms with Gasteiger partial charge in [-0.3, -0.25) is 0 Å². The van der Waals surface area contributed by atoms with Crippen molar-refractivity contribution >= 4 is 11.6 Å². The van der Waals surface area contributed by atoms with Crippen LogP contribution in [-0.2, 0) is 11.2 Å². The van der Waals surface area contributed by atoms with Gasteiger partial charge < -0.3 is 15.8 Å². The van der Waals surface area contributed by atoms with Crippen molar-refractivity contribution in [2.45, 2.75) is 51.7 Å². The van der Waals surface area contributed by atoms with Crippen LogP contribution >= 0.6 is 0 Å². The number of hydrogen-bond acceptors (Lipinski definition) is 5. The lowest BCUT2D eigenvalue weighted by Gasteiger charge is -2.29. The SMILES string of the molecule is CCCc1nc(N)cc(NC2(C)CCOC2C)n1. The first-order valence-corrected chi connectivity index (χ1v) is 6.57. The molecule has 18 heavy (non-hydrogen) atoms. The van der Waals surface area contributed by atoms with Gasteiger partial charge in [0.1, 0.15) is 17.5 Å². The van der Waals surface area contributed by atoms with Crippen LogP contribution in [0.4, 0.5) is 11.6 Å². The standard InChI is InChI=1S/C13H22N4O/c1-4-5-11-15-10(14)8-12(16-11)17-13(3)6-7-18-9(13)2/h8-9H,4-7H2,1-3H3,(H3,14,15,16,17). The molecule has 2 rings (SSSR count). The zero-order valence-electron chi connectivity index (χ0n) is 11.4. The molecule has 5 heteroatoms. The van der Waals surface area contributed by atoms with Gasteiger partial charge >= 0.3 is 0 Å². The van der Waals surface area contributed by atoms with Crippen LogP contribution in [0.15, 0.2) is 6.07 Å². The van der Waals surface area contributed by atoms with Gasteiger partial charge in [0.25, 0.3) is 0 Å². The Morgan fingerprint density at radius 2 is 2.33 bits per heavy atom. The summed E-state index contributed by atoms with van der Waals surface area (Å²) in [4.78, 5) is 8.74. The summed E-state index contributed by atoms with van der Waals surface area (Å²) in [5.74, 6) is 2.12. The number of rotatable bonds is 4. The fourth-order valence-corrected chi connectivity index (χ4v) is 2.21. The average molecular weight is 250 g/mol. The van der Waals surface area contributed by atoms with Crippen molar-refractivity contribution in [2.75, 3.05) is 17.7 Å². The highest BCUT2D eigenvalue weighted by Gasteiger charge is 2.37. The number of aromatic nitrogens is 2. The molecule has 0 bridgehead atoms. The average Bonchev–Trinajstić information content (AvgIpc) is 2.58. The molecule has 0 aromatic carbocycles. The molecule has 2 unspecified atom stereocenters. The van der Waals surface area contributed by atoms with E-state index >= 15 is 0 Å². The normalized spacial score (nSPS) is 27.4. The van der Waals surface area contributed by atoms with E-state index in [4.69, 9.17) is 10.5 Å². The Balaban J connectivity index is 2.18. The Kier molecular flexibility index (Phi) is 3.71. The molecule has 0 saturated carbocycles. The third-order valence-electron chi connectivity index (χ3n) is 3.57. The van der Waals surface area contributed by atoms with E-state index in [0.717, 1.165) is 37.5 Å². The van der Waals surface area contributed by atoms with Crippen molar-refractivity contribution in [1.29, 1.82) is 0 Å². The Labute approximate surface area is 108 Å². The highest BCUT2D eigenvalue weighted by Crippen LogP contribution is 2.29. The molecule has 2 heterocycles. The first-order chi connectivity index (χ1) is 8.53. The molecule has 1 aromatic heterocycles. The molecule has 3 N–H and O–H groups in total. The maximum Gasteiger partial charge on any atom is 0.133 e. The molecule has 0 aliphatic carbocycles. The van der Waals surface area contributed by atoms with Crippen molar-refractivity contribution in [1.82, 2.24) is 9.97 Å². The van der Waals surface area contributed by atoms with Gasteiger partial charge in [-0.05, 0) is 26.7 Å². The maximum absolute atomic E-state index is 5.82. The Morgan fingerprint density at radius 1 is 1.56 bits per heavy atom. The van der Waals surface area contributed by atoms with E-state index in [1.165, 1.54) is 0 Å². The van der Waals surface area contributed by atoms with Crippen LogP contribution in [-0.4, -0.2) is 28.2 Å². The molecular formula is C13H22N4O. The van der Waals surface area contributed by atoms with Gasteiger partial charge in [0.15, 0.2) is 0 Å². The summed E-state index contributed by atoms with van der Waals surface area (Å²) >= 11 is 0. The predicted octanol–water partition coefficient (Wildman–Crippen LogP) is 1.99. The summed E-state index contributed by atoms with van der Waals surface area (Å²) in [6.07, 6.45) is 3.01. The molecule has 0 spiro atoms. The van der Waals surface area contributed by atoms with Gasteiger partial charge in [-0.2, -0.15) is 0 Å². The molecule has 1 aliphatic rings. The summed E-state index contributed by atoms with van der Waals surface area (Å²) in [7, 11) is 0. The zero-order chi connectivity index (χ0) is 13.2. The van der Waals surface area contributed by atoms with E-state index in [2.05, 4.69) is 36.1 Å². The number of nitrogens with two attached hydrogens (primary N) is 1. The Bertz CT molecular complexity index is 423. The van der Waals surface area contributed by atoms with E-state index < -0.39 is 0 Å². The van der Waals surface area contributed by atoms with Crippen molar-refractivity contribution < 1.29 is 4.74 Å². The molecule has 1 fully saturated rings. The van der Waals surface area contributed by atoms with Crippen LogP contribution in [0, 0.1) is 0 Å². The van der Waals surface area contributed by atoms with Crippen molar-refractivity contribution in [3.63, 3.8) is 0 Å². The molecule has 0 radical (unpaired) electrons. The van der Waals surface area contributed by atoms with E-state index in [1.807, 2.05) is 0 Å². The van der Waals surface area contributed by atoms with Gasteiger partial charge in [0.05, 0.1) is 11.6 Å². The van der Waals surface area contributed by atoms with Gasteiger partial charge in [0, 0.05) is 19.1 Å². The van der Waals surface area contributed by atoms with Crippen molar-refractivity contribution in [3.8, 4) is 0 Å². The second-order valence-corrected chi connectivity index (χ2v) is 5.15. The Hall–Kier alpha value is -1.36. The van der Waals surface area contributed by atoms with E-state index in [9.17, 15) is 0 Å². The third kappa shape index (κ3) is 2.72. The minimum absolute atomic E-state index is 0.0791. The summed E-state index contributed by atoms with van der Waals surface area (Å²) in [5.41, 5.74) is 5.74. The minimum atomic E-state index is -0.0791. The molecule has 1 aliphatic heterocycles. The number of anilines is 2. The number of nitrogen functional groups attached to an aromatic ring is 1. The molecule has 5 nitrogen and oxygen atoms in total. The van der Waals surface area contributed by atoms with E-state index in [0.29, 0.717) is 5.82 Å². The largest absolute Gasteiger partial charge is 0.384 e. The lowest BCUT2D eigenvalue weighted by atomic mass is 9.95. The quantitative estimate of drug-likeness (QED) is 0.855. The second kappa shape index (κ2) is 5.10. The van der Waals surface area contributed by atoms with Crippen molar-refractivity contribution in [3.05, 3.63) is 11.9 Å². The van der Waals surface area contributed by atoms with Crippen LogP contribution in [0.25, 0.3) is 0 Å². The second-order valence-electron chi connectivity index (χ2n) is 5.15. The summed E-state index contributed by atoms with van der Waals surface area (Å²) in [5, 5.41) is 3.45. The summed E-state index contributed by atoms with van der Waals surface area (Å²) in [6, 6.07) is 1.79. The molecule has 1 aromatic rings. The maximum atomic E-state index is 5.82. The number of nitrogens with zero attached hydrogens (tertiary/aromatic N) is 2. The summed E-state index contributed by atoms with van der Waals surface area (Å²) in [6.45, 7) is 7.13. The van der Waals surface area contributed by atoms with Crippen LogP contribution < -0.4 is 11.1 Å². The molecule has 100 valence electrons. The van der Waals surface area contributed by atoms with Gasteiger partial charge in [-0.1, -0.05) is 6.92 Å². The number of ether oxygens (including phenoxy) is 1. The van der Waals surface area contributed by atoms with Crippen LogP contribution in [0.3, 0.4) is 0 Å². The number of aryl methyl sites for hydroxylation is 1. The fourth-order valence-electron chi connectivity index (χ4n) is 2.21. The highest BCUT2D eigenvalue weighted by molar-refractivity contribution is 5.46. The zero-order valence-corrected chi connectivity index (χ0v) is 11.4. The van der Waals surface area contributed by atoms with Crippen LogP contribution in [0.5, 0.6) is 0 Å². The van der Waals surface area contributed by atoms with Gasteiger partial charge in [-0.25, -0.2) is 9.97 Å². The fraction of sp³-hybridized carbons (Fsp3) is 0.692. The van der Waals surface area contributed by atoms with E-state index in [-0.39, 0.29) is 11.6 Å². The van der Waals surface area contributed by atoms with E-state index in [1.54, 1.807) is 6.07 Å². The Morgan fingerprint density at radius 3 is 2.94 bits per heavy atom. The lowest BCUT2D eigenvalue weighted by Crippen LogP contribution is -2.41. The first-order valence-electron chi connectivity index (χ1n) is 6.57. The molecule has 0 amide bonds. The van der Waals surface area contributed by atoms with Crippen molar-refractivity contribution in [2.24, 2.45) is 0 Å². The summed E-state index contributed by atoms with van der Waals surface area (Å²) < 4.78 is 5.61. The predicted molar refractivity (Wildman–Crippen MR) is 72.5 cm³/mol. The molecule has 1 saturated heterocycles. The van der Waals surface area contributed by atoms with Crippen LogP contribution in [0.2, 0.25) is 0 Å². The highest BCUT2D eigenvalue weighted by atomic mass is 16.5.